The summed E-state index contributed by atoms with van der Waals surface area (Å²) in [5.74, 6) is -1.52. The van der Waals surface area contributed by atoms with Gasteiger partial charge in [0, 0.05) is 12.4 Å². The lowest BCUT2D eigenvalue weighted by Crippen LogP contribution is -2.58. The SMILES string of the molecule is C[N+](C)(C)C[C@](O)(CC(=O)[O-])N[P+](=O)[O-]. The molecule has 0 radical (unpaired) electrons. The number of carboxylic acid groups (broad SMARTS) is 1. The number of aliphatic carboxylic acids is 1. The van der Waals surface area contributed by atoms with Gasteiger partial charge in [-0.25, -0.2) is 0 Å². The van der Waals surface area contributed by atoms with Crippen LogP contribution in [-0.4, -0.2) is 49.0 Å². The minimum Gasteiger partial charge on any atom is -0.578 e. The van der Waals surface area contributed by atoms with E-state index in [0.29, 0.717) is 0 Å². The Morgan fingerprint density at radius 1 is 1.53 bits per heavy atom. The van der Waals surface area contributed by atoms with Crippen LogP contribution in [0.4, 0.5) is 0 Å². The van der Waals surface area contributed by atoms with Crippen molar-refractivity contribution in [1.29, 1.82) is 0 Å². The van der Waals surface area contributed by atoms with Gasteiger partial charge in [0.1, 0.15) is 6.54 Å². The number of carbonyl (C=O) groups excluding carboxylic acids is 1. The number of likely N-dealkylation sites (N-methyl/N-ethyl adjacent to an activating group) is 1. The number of nitrogens with zero attached hydrogens (tertiary/aromatic N) is 1. The quantitative estimate of drug-likeness (QED) is 0.292. The fourth-order valence-corrected chi connectivity index (χ4v) is 1.81. The first-order chi connectivity index (χ1) is 6.54. The molecule has 1 unspecified atom stereocenters. The van der Waals surface area contributed by atoms with E-state index in [0.717, 1.165) is 0 Å². The molecule has 7 nitrogen and oxygen atoms in total. The molecular formula is C7H15N2O5P. The van der Waals surface area contributed by atoms with Crippen LogP contribution in [-0.2, 0) is 9.36 Å². The lowest BCUT2D eigenvalue weighted by Gasteiger charge is -2.33. The Labute approximate surface area is 88.8 Å². The molecule has 0 heterocycles. The fraction of sp³-hybridized carbons (Fsp3) is 0.857. The van der Waals surface area contributed by atoms with Crippen LogP contribution in [0.15, 0.2) is 0 Å². The first-order valence-electron chi connectivity index (χ1n) is 4.19. The van der Waals surface area contributed by atoms with Crippen LogP contribution in [0.5, 0.6) is 0 Å². The molecule has 2 N–H and O–H groups in total. The summed E-state index contributed by atoms with van der Waals surface area (Å²) < 4.78 is 10.6. The van der Waals surface area contributed by atoms with Gasteiger partial charge in [-0.1, -0.05) is 9.65 Å². The van der Waals surface area contributed by atoms with Crippen molar-refractivity contribution in [2.24, 2.45) is 0 Å². The predicted molar refractivity (Wildman–Crippen MR) is 48.2 cm³/mol. The zero-order valence-corrected chi connectivity index (χ0v) is 9.78. The van der Waals surface area contributed by atoms with Gasteiger partial charge in [0.2, 0.25) is 5.72 Å². The monoisotopic (exact) mass is 238 g/mol. The average Bonchev–Trinajstić information content (AvgIpc) is 1.73. The van der Waals surface area contributed by atoms with E-state index >= 15 is 0 Å². The molecule has 0 saturated heterocycles. The van der Waals surface area contributed by atoms with Crippen LogP contribution >= 0.6 is 8.18 Å². The van der Waals surface area contributed by atoms with Crippen molar-refractivity contribution in [3.05, 3.63) is 0 Å². The molecule has 0 fully saturated rings. The molecule has 0 aromatic heterocycles. The lowest BCUT2D eigenvalue weighted by molar-refractivity contribution is -0.877. The molecule has 8 heteroatoms. The van der Waals surface area contributed by atoms with Crippen LogP contribution in [0.25, 0.3) is 0 Å². The zero-order chi connectivity index (χ0) is 12.3. The Hall–Kier alpha value is -0.590. The van der Waals surface area contributed by atoms with Gasteiger partial charge in [0.05, 0.1) is 21.1 Å². The minimum absolute atomic E-state index is 0.0791. The van der Waals surface area contributed by atoms with Gasteiger partial charge in [-0.2, -0.15) is 0 Å². The summed E-state index contributed by atoms with van der Waals surface area (Å²) in [6.45, 7) is -0.0791. The Balaban J connectivity index is 4.69. The van der Waals surface area contributed by atoms with E-state index in [1.54, 1.807) is 21.1 Å². The molecule has 0 aromatic carbocycles. The van der Waals surface area contributed by atoms with Crippen LogP contribution in [0.2, 0.25) is 0 Å². The largest absolute Gasteiger partial charge is 0.578 e. The molecule has 0 aromatic rings. The van der Waals surface area contributed by atoms with Crippen molar-refractivity contribution in [2.45, 2.75) is 12.1 Å². The van der Waals surface area contributed by atoms with Crippen LogP contribution in [0, 0.1) is 0 Å². The molecule has 0 spiro atoms. The van der Waals surface area contributed by atoms with Crippen molar-refractivity contribution < 1.29 is 28.9 Å². The predicted octanol–water partition coefficient (Wildman–Crippen LogP) is -2.87. The Bertz CT molecular complexity index is 247. The van der Waals surface area contributed by atoms with Crippen molar-refractivity contribution in [3.8, 4) is 0 Å². The summed E-state index contributed by atoms with van der Waals surface area (Å²) in [4.78, 5) is 20.8. The third-order valence-electron chi connectivity index (χ3n) is 1.47. The van der Waals surface area contributed by atoms with E-state index in [2.05, 4.69) is 0 Å². The number of nitrogens with one attached hydrogen (secondary N) is 1. The van der Waals surface area contributed by atoms with Crippen molar-refractivity contribution >= 4 is 14.1 Å². The second kappa shape index (κ2) is 4.96. The second-order valence-corrected chi connectivity index (χ2v) is 5.14. The zero-order valence-electron chi connectivity index (χ0n) is 8.89. The van der Waals surface area contributed by atoms with Gasteiger partial charge in [-0.15, -0.1) is 0 Å². The van der Waals surface area contributed by atoms with Crippen molar-refractivity contribution in [2.75, 3.05) is 27.7 Å². The summed E-state index contributed by atoms with van der Waals surface area (Å²) in [7, 11) is 2.01. The van der Waals surface area contributed by atoms with Gasteiger partial charge in [0.25, 0.3) is 0 Å². The molecule has 0 aliphatic heterocycles. The third-order valence-corrected chi connectivity index (χ3v) is 2.07. The highest BCUT2D eigenvalue weighted by Gasteiger charge is 2.38. The molecular weight excluding hydrogens is 223 g/mol. The van der Waals surface area contributed by atoms with Crippen molar-refractivity contribution in [3.63, 3.8) is 0 Å². The maximum Gasteiger partial charge on any atom is 0.411 e. The first-order valence-corrected chi connectivity index (χ1v) is 5.37. The molecule has 0 rings (SSSR count). The second-order valence-electron chi connectivity index (χ2n) is 4.40. The molecule has 15 heavy (non-hydrogen) atoms. The molecule has 2 atom stereocenters. The van der Waals surface area contributed by atoms with Gasteiger partial charge in [0.15, 0.2) is 0 Å². The maximum absolute atomic E-state index is 10.4. The highest BCUT2D eigenvalue weighted by molar-refractivity contribution is 7.34. The van der Waals surface area contributed by atoms with E-state index in [1.165, 1.54) is 0 Å². The topological polar surface area (TPSA) is 113 Å². The highest BCUT2D eigenvalue weighted by Crippen LogP contribution is 2.16. The smallest absolute Gasteiger partial charge is 0.411 e. The van der Waals surface area contributed by atoms with Gasteiger partial charge in [-0.05, 0) is 0 Å². The number of hydrogen-bond acceptors (Lipinski definition) is 5. The molecule has 0 amide bonds. The van der Waals surface area contributed by atoms with E-state index < -0.39 is 26.3 Å². The number of rotatable bonds is 6. The normalized spacial score (nSPS) is 17.0. The standard InChI is InChI=1S/C7H15N2O5P/c1-9(2,3)5-7(12,4-6(10)11)8-15(13)14/h12H,4-5H2,1-3H3,(H-,8,10,11,13,14)/t7-/m1/s1. The van der Waals surface area contributed by atoms with Crippen LogP contribution in [0.1, 0.15) is 6.42 Å². The summed E-state index contributed by atoms with van der Waals surface area (Å²) in [6, 6.07) is 0. The Morgan fingerprint density at radius 2 is 2.00 bits per heavy atom. The van der Waals surface area contributed by atoms with Gasteiger partial charge < -0.3 is 24.4 Å². The number of aliphatic hydroxyl groups is 1. The minimum atomic E-state index is -3.07. The lowest BCUT2D eigenvalue weighted by atomic mass is 10.1. The molecule has 0 bridgehead atoms. The highest BCUT2D eigenvalue weighted by atomic mass is 31.1. The van der Waals surface area contributed by atoms with E-state index in [1.807, 2.05) is 5.09 Å². The van der Waals surface area contributed by atoms with E-state index in [-0.39, 0.29) is 11.0 Å². The summed E-state index contributed by atoms with van der Waals surface area (Å²) >= 11 is 0. The number of hydrogen-bond donors (Lipinski definition) is 2. The van der Waals surface area contributed by atoms with Gasteiger partial charge in [-0.3, -0.25) is 0 Å². The molecule has 0 saturated carbocycles. The fourth-order valence-electron chi connectivity index (χ4n) is 1.32. The molecule has 0 aliphatic carbocycles. The Morgan fingerprint density at radius 3 is 2.27 bits per heavy atom. The van der Waals surface area contributed by atoms with Gasteiger partial charge >= 0.3 is 8.18 Å². The number of carbonyl (C=O) groups is 1. The van der Waals surface area contributed by atoms with Crippen LogP contribution in [0.3, 0.4) is 0 Å². The third kappa shape index (κ3) is 7.35. The molecule has 0 aliphatic rings. The van der Waals surface area contributed by atoms with Crippen LogP contribution < -0.4 is 15.1 Å². The average molecular weight is 238 g/mol. The Kier molecular flexibility index (Phi) is 4.76. The molecule has 88 valence electrons. The summed E-state index contributed by atoms with van der Waals surface area (Å²) in [5, 5.41) is 21.9. The number of carboxylic acids is 1. The maximum atomic E-state index is 10.4. The summed E-state index contributed by atoms with van der Waals surface area (Å²) in [6.07, 6.45) is -0.786. The van der Waals surface area contributed by atoms with Crippen molar-refractivity contribution in [1.82, 2.24) is 5.09 Å². The first kappa shape index (κ1) is 14.4. The number of quaternary nitrogens is 1. The summed E-state index contributed by atoms with van der Waals surface area (Å²) in [5.41, 5.74) is -2.01. The van der Waals surface area contributed by atoms with E-state index in [4.69, 9.17) is 0 Å². The van der Waals surface area contributed by atoms with E-state index in [9.17, 15) is 24.5 Å².